The normalized spacial score (nSPS) is 11.9. The van der Waals surface area contributed by atoms with Crippen molar-refractivity contribution < 1.29 is 14.3 Å². The Hall–Kier alpha value is -3.28. The van der Waals surface area contributed by atoms with Gasteiger partial charge in [-0.3, -0.25) is 4.79 Å². The predicted octanol–water partition coefficient (Wildman–Crippen LogP) is 4.33. The summed E-state index contributed by atoms with van der Waals surface area (Å²) in [5, 5.41) is 7.80. The predicted molar refractivity (Wildman–Crippen MR) is 114 cm³/mol. The van der Waals surface area contributed by atoms with Crippen LogP contribution >= 0.6 is 0 Å². The lowest BCUT2D eigenvalue weighted by Gasteiger charge is -2.17. The molecule has 1 N–H and O–H groups in total. The molecule has 1 atom stereocenters. The topological polar surface area (TPSA) is 65.4 Å². The van der Waals surface area contributed by atoms with Gasteiger partial charge in [-0.2, -0.15) is 5.10 Å². The maximum absolute atomic E-state index is 13.1. The van der Waals surface area contributed by atoms with Crippen LogP contribution in [0.15, 0.2) is 54.7 Å². The summed E-state index contributed by atoms with van der Waals surface area (Å²) in [5.41, 5.74) is 2.58. The first-order chi connectivity index (χ1) is 13.9. The van der Waals surface area contributed by atoms with Crippen LogP contribution in [0.2, 0.25) is 0 Å². The molecular formula is C23H27N3O3. The van der Waals surface area contributed by atoms with E-state index in [1.165, 1.54) is 0 Å². The number of aromatic nitrogens is 2. The fourth-order valence-corrected chi connectivity index (χ4v) is 2.90. The fraction of sp³-hybridized carbons (Fsp3) is 0.304. The maximum Gasteiger partial charge on any atom is 0.255 e. The van der Waals surface area contributed by atoms with Crippen molar-refractivity contribution >= 4 is 5.91 Å². The van der Waals surface area contributed by atoms with Gasteiger partial charge in [0.15, 0.2) is 0 Å². The Morgan fingerprint density at radius 3 is 2.38 bits per heavy atom. The number of ether oxygens (including phenoxy) is 2. The minimum absolute atomic E-state index is 0.0302. The summed E-state index contributed by atoms with van der Waals surface area (Å²) in [6, 6.07) is 15.2. The molecule has 0 spiro atoms. The van der Waals surface area contributed by atoms with Crippen molar-refractivity contribution in [1.29, 1.82) is 0 Å². The molecule has 0 bridgehead atoms. The van der Waals surface area contributed by atoms with E-state index in [9.17, 15) is 4.79 Å². The van der Waals surface area contributed by atoms with Gasteiger partial charge in [-0.05, 0) is 43.2 Å². The molecular weight excluding hydrogens is 366 g/mol. The number of nitrogens with one attached hydrogen (secondary N) is 1. The van der Waals surface area contributed by atoms with Crippen molar-refractivity contribution in [3.63, 3.8) is 0 Å². The van der Waals surface area contributed by atoms with E-state index in [4.69, 9.17) is 14.6 Å². The highest BCUT2D eigenvalue weighted by atomic mass is 16.5. The van der Waals surface area contributed by atoms with E-state index in [0.29, 0.717) is 34.2 Å². The van der Waals surface area contributed by atoms with Gasteiger partial charge in [0.25, 0.3) is 5.91 Å². The first kappa shape index (κ1) is 20.5. The molecule has 0 aliphatic rings. The van der Waals surface area contributed by atoms with Crippen molar-refractivity contribution in [2.24, 2.45) is 5.92 Å². The highest BCUT2D eigenvalue weighted by Crippen LogP contribution is 2.35. The van der Waals surface area contributed by atoms with Crippen LogP contribution in [0.25, 0.3) is 16.9 Å². The van der Waals surface area contributed by atoms with E-state index in [-0.39, 0.29) is 11.9 Å². The number of nitrogens with zero attached hydrogens (tertiary/aromatic N) is 2. The summed E-state index contributed by atoms with van der Waals surface area (Å²) < 4.78 is 12.6. The molecule has 1 amide bonds. The van der Waals surface area contributed by atoms with Gasteiger partial charge in [-0.15, -0.1) is 0 Å². The zero-order valence-electron chi connectivity index (χ0n) is 17.5. The van der Waals surface area contributed by atoms with Crippen LogP contribution in [0.1, 0.15) is 31.1 Å². The van der Waals surface area contributed by atoms with Gasteiger partial charge in [0.2, 0.25) is 0 Å². The third-order valence-electron chi connectivity index (χ3n) is 5.00. The van der Waals surface area contributed by atoms with Gasteiger partial charge in [-0.1, -0.05) is 32.0 Å². The number of para-hydroxylation sites is 1. The zero-order valence-corrected chi connectivity index (χ0v) is 17.5. The van der Waals surface area contributed by atoms with Crippen molar-refractivity contribution in [2.75, 3.05) is 14.2 Å². The fourth-order valence-electron chi connectivity index (χ4n) is 2.90. The number of methoxy groups -OCH3 is 2. The summed E-state index contributed by atoms with van der Waals surface area (Å²) in [6.07, 6.45) is 1.76. The van der Waals surface area contributed by atoms with Crippen LogP contribution in [0.5, 0.6) is 11.5 Å². The summed E-state index contributed by atoms with van der Waals surface area (Å²) in [6.45, 7) is 6.14. The minimum Gasteiger partial charge on any atom is -0.497 e. The van der Waals surface area contributed by atoms with E-state index in [1.54, 1.807) is 25.1 Å². The molecule has 0 radical (unpaired) electrons. The number of carbonyl (C=O) groups excluding carboxylic acids is 1. The van der Waals surface area contributed by atoms with E-state index >= 15 is 0 Å². The second-order valence-electron chi connectivity index (χ2n) is 7.24. The highest BCUT2D eigenvalue weighted by Gasteiger charge is 2.23. The molecule has 6 heteroatoms. The SMILES string of the molecule is COc1ccc(OC)c(-c2nn(-c3ccccc3)cc2C(=O)NC(C)C(C)C)c1. The van der Waals surface area contributed by atoms with E-state index < -0.39 is 0 Å². The zero-order chi connectivity index (χ0) is 21.0. The molecule has 3 rings (SSSR count). The van der Waals surface area contributed by atoms with Crippen molar-refractivity contribution in [2.45, 2.75) is 26.8 Å². The summed E-state index contributed by atoms with van der Waals surface area (Å²) in [5.74, 6) is 1.43. The third-order valence-corrected chi connectivity index (χ3v) is 5.00. The lowest BCUT2D eigenvalue weighted by molar-refractivity contribution is 0.0931. The Bertz CT molecular complexity index is 980. The number of hydrogen-bond acceptors (Lipinski definition) is 4. The monoisotopic (exact) mass is 393 g/mol. The molecule has 1 heterocycles. The van der Waals surface area contributed by atoms with Crippen LogP contribution in [0.4, 0.5) is 0 Å². The molecule has 29 heavy (non-hydrogen) atoms. The van der Waals surface area contributed by atoms with Gasteiger partial charge < -0.3 is 14.8 Å². The Morgan fingerprint density at radius 2 is 1.76 bits per heavy atom. The first-order valence-corrected chi connectivity index (χ1v) is 9.63. The molecule has 1 unspecified atom stereocenters. The average Bonchev–Trinajstić information content (AvgIpc) is 3.19. The van der Waals surface area contributed by atoms with Gasteiger partial charge in [-0.25, -0.2) is 4.68 Å². The number of rotatable bonds is 7. The summed E-state index contributed by atoms with van der Waals surface area (Å²) >= 11 is 0. The summed E-state index contributed by atoms with van der Waals surface area (Å²) in [7, 11) is 3.20. The van der Waals surface area contributed by atoms with Crippen molar-refractivity contribution in [3.05, 3.63) is 60.3 Å². The van der Waals surface area contributed by atoms with Gasteiger partial charge in [0.05, 0.1) is 25.5 Å². The Morgan fingerprint density at radius 1 is 1.03 bits per heavy atom. The number of amides is 1. The molecule has 152 valence electrons. The average molecular weight is 393 g/mol. The van der Waals surface area contributed by atoms with Crippen LogP contribution in [-0.2, 0) is 0 Å². The van der Waals surface area contributed by atoms with Gasteiger partial charge in [0.1, 0.15) is 17.2 Å². The van der Waals surface area contributed by atoms with Crippen LogP contribution < -0.4 is 14.8 Å². The number of benzene rings is 2. The number of hydrogen-bond donors (Lipinski definition) is 1. The van der Waals surface area contributed by atoms with Gasteiger partial charge >= 0.3 is 0 Å². The molecule has 0 aliphatic carbocycles. The van der Waals surface area contributed by atoms with E-state index in [2.05, 4.69) is 19.2 Å². The van der Waals surface area contributed by atoms with Crippen LogP contribution in [0.3, 0.4) is 0 Å². The van der Waals surface area contributed by atoms with Crippen LogP contribution in [0, 0.1) is 5.92 Å². The molecule has 0 aliphatic heterocycles. The Labute approximate surface area is 171 Å². The second-order valence-corrected chi connectivity index (χ2v) is 7.24. The van der Waals surface area contributed by atoms with E-state index in [0.717, 1.165) is 5.69 Å². The third kappa shape index (κ3) is 4.42. The molecule has 0 saturated carbocycles. The van der Waals surface area contributed by atoms with Gasteiger partial charge in [0, 0.05) is 17.8 Å². The number of carbonyl (C=O) groups is 1. The maximum atomic E-state index is 13.1. The Balaban J connectivity index is 2.14. The highest BCUT2D eigenvalue weighted by molar-refractivity contribution is 6.00. The van der Waals surface area contributed by atoms with Crippen molar-refractivity contribution in [1.82, 2.24) is 15.1 Å². The Kier molecular flexibility index (Phi) is 6.22. The molecule has 0 fully saturated rings. The lowest BCUT2D eigenvalue weighted by atomic mass is 10.0. The molecule has 0 saturated heterocycles. The smallest absolute Gasteiger partial charge is 0.255 e. The molecule has 6 nitrogen and oxygen atoms in total. The molecule has 1 aromatic heterocycles. The standard InChI is InChI=1S/C23H27N3O3/c1-15(2)16(3)24-23(27)20-14-26(17-9-7-6-8-10-17)25-22(20)19-13-18(28-4)11-12-21(19)29-5/h6-16H,1-5H3,(H,24,27). The van der Waals surface area contributed by atoms with Crippen LogP contribution in [-0.4, -0.2) is 35.9 Å². The molecule has 2 aromatic carbocycles. The largest absolute Gasteiger partial charge is 0.497 e. The second kappa shape index (κ2) is 8.82. The lowest BCUT2D eigenvalue weighted by Crippen LogP contribution is -2.36. The van der Waals surface area contributed by atoms with E-state index in [1.807, 2.05) is 55.5 Å². The first-order valence-electron chi connectivity index (χ1n) is 9.63. The van der Waals surface area contributed by atoms with Crippen molar-refractivity contribution in [3.8, 4) is 28.4 Å². The molecule has 3 aromatic rings. The summed E-state index contributed by atoms with van der Waals surface area (Å²) in [4.78, 5) is 13.1. The quantitative estimate of drug-likeness (QED) is 0.649. The minimum atomic E-state index is -0.173.